The van der Waals surface area contributed by atoms with E-state index in [2.05, 4.69) is 33.1 Å². The van der Waals surface area contributed by atoms with Crippen molar-refractivity contribution in [2.45, 2.75) is 109 Å². The van der Waals surface area contributed by atoms with Gasteiger partial charge in [0, 0.05) is 20.6 Å². The van der Waals surface area contributed by atoms with E-state index in [9.17, 15) is 0 Å². The van der Waals surface area contributed by atoms with Crippen molar-refractivity contribution >= 4 is 8.32 Å². The number of hydrogen-bond donors (Lipinski definition) is 0. The average molecular weight is 385 g/mol. The fourth-order valence-corrected chi connectivity index (χ4v) is 5.97. The Bertz CT molecular complexity index is 401. The summed E-state index contributed by atoms with van der Waals surface area (Å²) in [5.74, 6) is 0.399. The predicted octanol–water partition coefficient (Wildman–Crippen LogP) is 6.69. The highest BCUT2D eigenvalue weighted by Crippen LogP contribution is 2.43. The van der Waals surface area contributed by atoms with Crippen LogP contribution in [0.5, 0.6) is 0 Å². The third-order valence-electron chi connectivity index (χ3n) is 5.72. The summed E-state index contributed by atoms with van der Waals surface area (Å²) in [5.41, 5.74) is 0.951. The molecule has 3 nitrogen and oxygen atoms in total. The monoisotopic (exact) mass is 384 g/mol. The molecule has 2 atom stereocenters. The zero-order valence-corrected chi connectivity index (χ0v) is 19.4. The zero-order chi connectivity index (χ0) is 19.6. The molecule has 0 bridgehead atoms. The van der Waals surface area contributed by atoms with E-state index in [0.717, 1.165) is 12.8 Å². The number of methoxy groups -OCH3 is 2. The topological polar surface area (TPSA) is 27.7 Å². The summed E-state index contributed by atoms with van der Waals surface area (Å²) < 4.78 is 18.1. The largest absolute Gasteiger partial charge is 0.408 e. The van der Waals surface area contributed by atoms with Crippen molar-refractivity contribution in [3.05, 3.63) is 12.2 Å². The van der Waals surface area contributed by atoms with Gasteiger partial charge in [-0.2, -0.15) is 0 Å². The van der Waals surface area contributed by atoms with E-state index in [1.165, 1.54) is 63.4 Å². The van der Waals surface area contributed by atoms with Crippen LogP contribution in [-0.4, -0.2) is 34.4 Å². The molecular formula is C22H44O3Si. The molecule has 4 heteroatoms. The lowest BCUT2D eigenvalue weighted by Crippen LogP contribution is -2.50. The van der Waals surface area contributed by atoms with Gasteiger partial charge >= 0.3 is 0 Å². The number of rotatable bonds is 7. The normalized spacial score (nSPS) is 27.0. The minimum Gasteiger partial charge on any atom is -0.408 e. The van der Waals surface area contributed by atoms with Crippen LogP contribution in [0.1, 0.15) is 77.6 Å². The molecule has 1 fully saturated rings. The number of hydrogen-bond acceptors (Lipinski definition) is 3. The summed E-state index contributed by atoms with van der Waals surface area (Å²) >= 11 is 0. The summed E-state index contributed by atoms with van der Waals surface area (Å²) in [5, 5.41) is 0. The van der Waals surface area contributed by atoms with Crippen LogP contribution in [0.4, 0.5) is 0 Å². The van der Waals surface area contributed by atoms with E-state index in [4.69, 9.17) is 13.9 Å². The second kappa shape index (κ2) is 11.6. The van der Waals surface area contributed by atoms with Gasteiger partial charge in [0.2, 0.25) is 0 Å². The Morgan fingerprint density at radius 2 is 1.46 bits per heavy atom. The van der Waals surface area contributed by atoms with E-state index in [-0.39, 0.29) is 11.9 Å². The van der Waals surface area contributed by atoms with Crippen LogP contribution < -0.4 is 0 Å². The van der Waals surface area contributed by atoms with Crippen LogP contribution in [0.3, 0.4) is 0 Å². The molecule has 26 heavy (non-hydrogen) atoms. The van der Waals surface area contributed by atoms with Gasteiger partial charge in [-0.15, -0.1) is 0 Å². The Hall–Kier alpha value is -0.163. The summed E-state index contributed by atoms with van der Waals surface area (Å²) in [6.45, 7) is 13.5. The van der Waals surface area contributed by atoms with Crippen molar-refractivity contribution in [1.82, 2.24) is 0 Å². The highest BCUT2D eigenvalue weighted by atomic mass is 28.4. The van der Waals surface area contributed by atoms with Gasteiger partial charge in [0.1, 0.15) is 0 Å². The SMILES string of the molecule is C=C(C)[C@@]1(O[Si](C)(C)C)CCCCCCCCCCC1CC(OC)OC. The predicted molar refractivity (Wildman–Crippen MR) is 114 cm³/mol. The highest BCUT2D eigenvalue weighted by molar-refractivity contribution is 6.69. The van der Waals surface area contributed by atoms with Gasteiger partial charge in [-0.3, -0.25) is 0 Å². The fourth-order valence-electron chi connectivity index (χ4n) is 4.44. The maximum Gasteiger partial charge on any atom is 0.184 e. The smallest absolute Gasteiger partial charge is 0.184 e. The van der Waals surface area contributed by atoms with E-state index < -0.39 is 8.32 Å². The third-order valence-corrected chi connectivity index (χ3v) is 6.70. The Morgan fingerprint density at radius 1 is 0.962 bits per heavy atom. The average Bonchev–Trinajstić information content (AvgIpc) is 2.55. The van der Waals surface area contributed by atoms with Gasteiger partial charge in [-0.1, -0.05) is 57.9 Å². The molecular weight excluding hydrogens is 340 g/mol. The van der Waals surface area contributed by atoms with Crippen LogP contribution in [0.25, 0.3) is 0 Å². The van der Waals surface area contributed by atoms with Crippen molar-refractivity contribution in [3.63, 3.8) is 0 Å². The van der Waals surface area contributed by atoms with E-state index in [1.54, 1.807) is 14.2 Å². The van der Waals surface area contributed by atoms with Gasteiger partial charge in [0.15, 0.2) is 14.6 Å². The van der Waals surface area contributed by atoms with Crippen LogP contribution in [0.2, 0.25) is 19.6 Å². The summed E-state index contributed by atoms with van der Waals surface area (Å²) in [6.07, 6.45) is 13.5. The Labute approximate surface area is 164 Å². The van der Waals surface area contributed by atoms with Gasteiger partial charge in [-0.05, 0) is 50.9 Å². The lowest BCUT2D eigenvalue weighted by atomic mass is 9.74. The Kier molecular flexibility index (Phi) is 10.7. The minimum absolute atomic E-state index is 0.170. The van der Waals surface area contributed by atoms with Crippen LogP contribution in [0, 0.1) is 5.92 Å². The molecule has 0 aromatic carbocycles. The van der Waals surface area contributed by atoms with Gasteiger partial charge in [-0.25, -0.2) is 0 Å². The van der Waals surface area contributed by atoms with Gasteiger partial charge < -0.3 is 13.9 Å². The molecule has 0 amide bonds. The first-order valence-electron chi connectivity index (χ1n) is 10.7. The standard InChI is InChI=1S/C22H44O3Si/c1-19(2)22(25-26(5,6)7)17-15-13-11-9-8-10-12-14-16-20(22)18-21(23-3)24-4/h20-21H,1,8-18H2,2-7H3/t20?,22-/m0/s1. The maximum atomic E-state index is 6.96. The molecule has 1 aliphatic carbocycles. The lowest BCUT2D eigenvalue weighted by molar-refractivity contribution is -0.129. The quantitative estimate of drug-likeness (QED) is 0.278. The molecule has 0 aliphatic heterocycles. The van der Waals surface area contributed by atoms with E-state index in [0.29, 0.717) is 5.92 Å². The number of ether oxygens (including phenoxy) is 2. The second-order valence-corrected chi connectivity index (χ2v) is 13.5. The molecule has 0 aromatic rings. The Morgan fingerprint density at radius 3 is 1.92 bits per heavy atom. The minimum atomic E-state index is -1.73. The van der Waals surface area contributed by atoms with E-state index >= 15 is 0 Å². The first kappa shape index (κ1) is 23.9. The molecule has 1 rings (SSSR count). The molecule has 0 N–H and O–H groups in total. The summed E-state index contributed by atoms with van der Waals surface area (Å²) in [6, 6.07) is 0. The first-order valence-corrected chi connectivity index (χ1v) is 14.1. The summed E-state index contributed by atoms with van der Waals surface area (Å²) in [7, 11) is 1.76. The molecule has 0 aromatic heterocycles. The molecule has 0 heterocycles. The molecule has 0 saturated heterocycles. The zero-order valence-electron chi connectivity index (χ0n) is 18.4. The summed E-state index contributed by atoms with van der Waals surface area (Å²) in [4.78, 5) is 0. The van der Waals surface area contributed by atoms with E-state index in [1.807, 2.05) is 0 Å². The van der Waals surface area contributed by atoms with Gasteiger partial charge in [0.05, 0.1) is 5.60 Å². The third kappa shape index (κ3) is 7.83. The van der Waals surface area contributed by atoms with Crippen LogP contribution >= 0.6 is 0 Å². The van der Waals surface area contributed by atoms with Crippen LogP contribution in [-0.2, 0) is 13.9 Å². The maximum absolute atomic E-state index is 6.96. The molecule has 0 spiro atoms. The second-order valence-electron chi connectivity index (χ2n) is 9.08. The molecule has 1 unspecified atom stereocenters. The Balaban J connectivity index is 3.17. The van der Waals surface area contributed by atoms with Crippen molar-refractivity contribution in [2.24, 2.45) is 5.92 Å². The molecule has 1 aliphatic rings. The fraction of sp³-hybridized carbons (Fsp3) is 0.909. The van der Waals surface area contributed by atoms with Crippen molar-refractivity contribution in [1.29, 1.82) is 0 Å². The van der Waals surface area contributed by atoms with Crippen molar-refractivity contribution in [2.75, 3.05) is 14.2 Å². The van der Waals surface area contributed by atoms with Crippen LogP contribution in [0.15, 0.2) is 12.2 Å². The van der Waals surface area contributed by atoms with Crippen molar-refractivity contribution < 1.29 is 13.9 Å². The molecule has 154 valence electrons. The highest BCUT2D eigenvalue weighted by Gasteiger charge is 2.43. The molecule has 0 radical (unpaired) electrons. The lowest BCUT2D eigenvalue weighted by Gasteiger charge is -2.47. The first-order chi connectivity index (χ1) is 12.2. The van der Waals surface area contributed by atoms with Crippen molar-refractivity contribution in [3.8, 4) is 0 Å². The van der Waals surface area contributed by atoms with Gasteiger partial charge in [0.25, 0.3) is 0 Å². The molecule has 1 saturated carbocycles.